The van der Waals surface area contributed by atoms with Crippen molar-refractivity contribution in [1.82, 2.24) is 4.90 Å². The van der Waals surface area contributed by atoms with Crippen LogP contribution in [0.4, 0.5) is 10.5 Å². The van der Waals surface area contributed by atoms with E-state index in [9.17, 15) is 9.59 Å². The molecule has 4 rings (SSSR count). The van der Waals surface area contributed by atoms with Gasteiger partial charge in [-0.15, -0.1) is 0 Å². The third-order valence-electron chi connectivity index (χ3n) is 6.96. The van der Waals surface area contributed by atoms with Gasteiger partial charge in [-0.3, -0.25) is 9.69 Å². The number of carbonyl (C=O) groups excluding carboxylic acids is 2. The number of amides is 2. The number of carbonyl (C=O) groups is 2. The van der Waals surface area contributed by atoms with Crippen LogP contribution >= 0.6 is 23.2 Å². The molecule has 0 spiro atoms. The van der Waals surface area contributed by atoms with Crippen LogP contribution in [-0.2, 0) is 5.41 Å². The summed E-state index contributed by atoms with van der Waals surface area (Å²) in [7, 11) is 0. The molecule has 1 heterocycles. The van der Waals surface area contributed by atoms with Gasteiger partial charge in [0.25, 0.3) is 5.24 Å². The average molecular weight is 460 g/mol. The van der Waals surface area contributed by atoms with Crippen molar-refractivity contribution in [2.45, 2.75) is 44.1 Å². The predicted molar refractivity (Wildman–Crippen MR) is 125 cm³/mol. The number of hydrogen-bond donors (Lipinski definition) is 1. The summed E-state index contributed by atoms with van der Waals surface area (Å²) >= 11 is 11.8. The van der Waals surface area contributed by atoms with Crippen LogP contribution in [0, 0.1) is 6.92 Å². The molecule has 0 atom stereocenters. The van der Waals surface area contributed by atoms with Crippen molar-refractivity contribution < 1.29 is 9.59 Å². The first-order valence-electron chi connectivity index (χ1n) is 10.7. The minimum absolute atomic E-state index is 0.0253. The fourth-order valence-corrected chi connectivity index (χ4v) is 5.47. The molecule has 0 aromatic heterocycles. The van der Waals surface area contributed by atoms with Crippen LogP contribution in [0.1, 0.15) is 47.2 Å². The zero-order valence-corrected chi connectivity index (χ0v) is 19.1. The molecule has 7 heteroatoms. The van der Waals surface area contributed by atoms with Crippen molar-refractivity contribution >= 4 is 40.2 Å². The molecule has 1 saturated heterocycles. The van der Waals surface area contributed by atoms with Crippen LogP contribution in [-0.4, -0.2) is 41.8 Å². The number of nitrogens with zero attached hydrogens (tertiary/aromatic N) is 2. The molecule has 1 saturated carbocycles. The Bertz CT molecular complexity index is 1000. The molecule has 164 valence electrons. The molecule has 2 aliphatic rings. The maximum atomic E-state index is 13.2. The van der Waals surface area contributed by atoms with E-state index in [4.69, 9.17) is 28.9 Å². The second-order valence-electron chi connectivity index (χ2n) is 8.63. The van der Waals surface area contributed by atoms with Gasteiger partial charge in [0.15, 0.2) is 0 Å². The summed E-state index contributed by atoms with van der Waals surface area (Å²) in [4.78, 5) is 28.5. The number of rotatable bonds is 5. The average Bonchev–Trinajstić information content (AvgIpc) is 3.14. The quantitative estimate of drug-likeness (QED) is 0.631. The SMILES string of the molecule is Cc1cc(N2CCN(C3CCC(CN)(c4cccc(Cl)c4)CC3)C2=O)ccc1C(=O)Cl. The maximum Gasteiger partial charge on any atom is 0.324 e. The highest BCUT2D eigenvalue weighted by atomic mass is 35.5. The van der Waals surface area contributed by atoms with Crippen molar-refractivity contribution in [3.63, 3.8) is 0 Å². The highest BCUT2D eigenvalue weighted by Crippen LogP contribution is 2.41. The maximum absolute atomic E-state index is 13.2. The lowest BCUT2D eigenvalue weighted by molar-refractivity contribution is 0.108. The van der Waals surface area contributed by atoms with Crippen molar-refractivity contribution in [1.29, 1.82) is 0 Å². The Hall–Kier alpha value is -2.08. The third-order valence-corrected chi connectivity index (χ3v) is 7.39. The largest absolute Gasteiger partial charge is 0.330 e. The first kappa shape index (κ1) is 22.1. The fraction of sp³-hybridized carbons (Fsp3) is 0.417. The van der Waals surface area contributed by atoms with E-state index in [0.29, 0.717) is 25.2 Å². The van der Waals surface area contributed by atoms with Crippen LogP contribution in [0.5, 0.6) is 0 Å². The highest BCUT2D eigenvalue weighted by Gasteiger charge is 2.41. The molecule has 1 aliphatic carbocycles. The molecule has 5 nitrogen and oxygen atoms in total. The van der Waals surface area contributed by atoms with Crippen LogP contribution < -0.4 is 10.6 Å². The second kappa shape index (κ2) is 8.81. The van der Waals surface area contributed by atoms with Crippen LogP contribution in [0.2, 0.25) is 5.02 Å². The van der Waals surface area contributed by atoms with Gasteiger partial charge in [-0.2, -0.15) is 0 Å². The summed E-state index contributed by atoms with van der Waals surface area (Å²) in [6.45, 7) is 3.75. The van der Waals surface area contributed by atoms with Crippen LogP contribution in [0.25, 0.3) is 0 Å². The van der Waals surface area contributed by atoms with Gasteiger partial charge in [0.1, 0.15) is 0 Å². The Labute approximate surface area is 193 Å². The summed E-state index contributed by atoms with van der Waals surface area (Å²) in [6, 6.07) is 13.6. The van der Waals surface area contributed by atoms with E-state index in [1.54, 1.807) is 17.0 Å². The van der Waals surface area contributed by atoms with E-state index in [2.05, 4.69) is 6.07 Å². The summed E-state index contributed by atoms with van der Waals surface area (Å²) in [5, 5.41) is 0.249. The van der Waals surface area contributed by atoms with E-state index in [0.717, 1.165) is 42.0 Å². The fourth-order valence-electron chi connectivity index (χ4n) is 5.06. The number of nitrogens with two attached hydrogens (primary N) is 1. The molecule has 2 aromatic carbocycles. The van der Waals surface area contributed by atoms with Crippen LogP contribution in [0.3, 0.4) is 0 Å². The molecule has 2 N–H and O–H groups in total. The topological polar surface area (TPSA) is 66.6 Å². The Balaban J connectivity index is 1.46. The summed E-state index contributed by atoms with van der Waals surface area (Å²) in [5.41, 5.74) is 9.39. The zero-order valence-electron chi connectivity index (χ0n) is 17.6. The summed E-state index contributed by atoms with van der Waals surface area (Å²) in [5.74, 6) is 0. The molecule has 0 bridgehead atoms. The molecular weight excluding hydrogens is 433 g/mol. The van der Waals surface area contributed by atoms with Gasteiger partial charge in [0.05, 0.1) is 0 Å². The van der Waals surface area contributed by atoms with Gasteiger partial charge < -0.3 is 10.6 Å². The van der Waals surface area contributed by atoms with Gasteiger partial charge in [0, 0.05) is 47.4 Å². The Morgan fingerprint density at radius 1 is 1.16 bits per heavy atom. The monoisotopic (exact) mass is 459 g/mol. The molecule has 2 amide bonds. The number of hydrogen-bond acceptors (Lipinski definition) is 3. The number of aryl methyl sites for hydroxylation is 1. The Kier molecular flexibility index (Phi) is 6.29. The van der Waals surface area contributed by atoms with Gasteiger partial charge in [-0.1, -0.05) is 23.7 Å². The summed E-state index contributed by atoms with van der Waals surface area (Å²) < 4.78 is 0. The Morgan fingerprint density at radius 3 is 2.52 bits per heavy atom. The van der Waals surface area contributed by atoms with E-state index in [-0.39, 0.29) is 17.5 Å². The molecule has 1 aliphatic heterocycles. The normalized spacial score (nSPS) is 24.0. The molecule has 0 unspecified atom stereocenters. The molecule has 2 fully saturated rings. The number of anilines is 1. The molecule has 0 radical (unpaired) electrons. The van der Waals surface area contributed by atoms with E-state index >= 15 is 0 Å². The van der Waals surface area contributed by atoms with Gasteiger partial charge in [0.2, 0.25) is 0 Å². The first-order chi connectivity index (χ1) is 14.8. The first-order valence-corrected chi connectivity index (χ1v) is 11.4. The van der Waals surface area contributed by atoms with E-state index < -0.39 is 5.24 Å². The lowest BCUT2D eigenvalue weighted by atomic mass is 9.68. The lowest BCUT2D eigenvalue weighted by Crippen LogP contribution is -2.46. The van der Waals surface area contributed by atoms with Crippen molar-refractivity contribution in [2.75, 3.05) is 24.5 Å². The lowest BCUT2D eigenvalue weighted by Gasteiger charge is -2.42. The van der Waals surface area contributed by atoms with E-state index in [1.165, 1.54) is 5.56 Å². The van der Waals surface area contributed by atoms with Crippen LogP contribution in [0.15, 0.2) is 42.5 Å². The minimum atomic E-state index is -0.483. The zero-order chi connectivity index (χ0) is 22.2. The van der Waals surface area contributed by atoms with Gasteiger partial charge in [-0.05, 0) is 85.7 Å². The van der Waals surface area contributed by atoms with Gasteiger partial charge >= 0.3 is 6.03 Å². The number of halogens is 2. The molecule has 2 aromatic rings. The number of urea groups is 1. The predicted octanol–water partition coefficient (Wildman–Crippen LogP) is 5.11. The minimum Gasteiger partial charge on any atom is -0.330 e. The van der Waals surface area contributed by atoms with E-state index in [1.807, 2.05) is 36.1 Å². The van der Waals surface area contributed by atoms with Gasteiger partial charge in [-0.25, -0.2) is 4.79 Å². The highest BCUT2D eigenvalue weighted by molar-refractivity contribution is 6.67. The van der Waals surface area contributed by atoms with Crippen molar-refractivity contribution in [2.24, 2.45) is 5.73 Å². The third kappa shape index (κ3) is 4.19. The van der Waals surface area contributed by atoms with Crippen molar-refractivity contribution in [3.8, 4) is 0 Å². The number of benzene rings is 2. The smallest absolute Gasteiger partial charge is 0.324 e. The van der Waals surface area contributed by atoms with Crippen molar-refractivity contribution in [3.05, 3.63) is 64.2 Å². The molecule has 31 heavy (non-hydrogen) atoms. The standard InChI is InChI=1S/C24H27Cl2N3O2/c1-16-13-20(5-6-21(16)22(26)30)29-12-11-28(23(29)31)19-7-9-24(15-27,10-8-19)17-3-2-4-18(25)14-17/h2-6,13-14,19H,7-12,15,27H2,1H3. The molecular formula is C24H27Cl2N3O2. The summed E-state index contributed by atoms with van der Waals surface area (Å²) in [6.07, 6.45) is 3.71. The second-order valence-corrected chi connectivity index (χ2v) is 9.41. The Morgan fingerprint density at radius 2 is 1.90 bits per heavy atom.